The van der Waals surface area contributed by atoms with Crippen LogP contribution in [-0.2, 0) is 4.79 Å². The van der Waals surface area contributed by atoms with Crippen molar-refractivity contribution in [2.24, 2.45) is 0 Å². The molecule has 27 heavy (non-hydrogen) atoms. The molecule has 2 N–H and O–H groups in total. The van der Waals surface area contributed by atoms with Gasteiger partial charge in [-0.2, -0.15) is 0 Å². The fourth-order valence-corrected chi connectivity index (χ4v) is 4.22. The molecule has 0 saturated heterocycles. The van der Waals surface area contributed by atoms with Crippen LogP contribution in [0.15, 0.2) is 24.6 Å². The number of rotatable bonds is 15. The van der Waals surface area contributed by atoms with Gasteiger partial charge in [0.05, 0.1) is 12.7 Å². The number of hydrogen-bond acceptors (Lipinski definition) is 2. The maximum atomic E-state index is 11.5. The molecule has 1 amide bonds. The van der Waals surface area contributed by atoms with Crippen LogP contribution in [-0.4, -0.2) is 29.3 Å². The number of quaternary nitrogens is 1. The molecule has 0 aromatic carbocycles. The van der Waals surface area contributed by atoms with Gasteiger partial charge in [0.1, 0.15) is 6.20 Å². The zero-order valence-electron chi connectivity index (χ0n) is 18.3. The van der Waals surface area contributed by atoms with E-state index in [0.29, 0.717) is 6.17 Å². The molecule has 0 spiro atoms. The van der Waals surface area contributed by atoms with E-state index < -0.39 is 0 Å². The van der Waals surface area contributed by atoms with Gasteiger partial charge in [0, 0.05) is 20.3 Å². The summed E-state index contributed by atoms with van der Waals surface area (Å²) in [5, 5.41) is 6.62. The van der Waals surface area contributed by atoms with Crippen molar-refractivity contribution in [3.05, 3.63) is 24.6 Å². The van der Waals surface area contributed by atoms with Crippen molar-refractivity contribution in [2.75, 3.05) is 6.54 Å². The third-order valence-corrected chi connectivity index (χ3v) is 5.90. The standard InChI is InChI=1S/C23H43N3O/c1-5-7-8-9-10-11-12-13-14-15-16-17-18-23-24-19-20-26(23,6-2)21(3)25-22(4)27/h7-8,19-21,23-24H,5-6,9-18H2,1-4H3/p+1/b8-7+. The molecule has 3 unspecified atom stereocenters. The van der Waals surface area contributed by atoms with Gasteiger partial charge in [0.15, 0.2) is 12.3 Å². The summed E-state index contributed by atoms with van der Waals surface area (Å²) in [7, 11) is 0. The number of nitrogens with one attached hydrogen (secondary N) is 2. The Hall–Kier alpha value is -1.29. The van der Waals surface area contributed by atoms with E-state index in [1.54, 1.807) is 6.92 Å². The lowest BCUT2D eigenvalue weighted by atomic mass is 10.0. The quantitative estimate of drug-likeness (QED) is 0.222. The molecule has 0 radical (unpaired) electrons. The Morgan fingerprint density at radius 3 is 2.30 bits per heavy atom. The summed E-state index contributed by atoms with van der Waals surface area (Å²) in [4.78, 5) is 11.5. The zero-order valence-corrected chi connectivity index (χ0v) is 18.3. The molecule has 1 aliphatic heterocycles. The monoisotopic (exact) mass is 378 g/mol. The molecule has 1 heterocycles. The minimum absolute atomic E-state index is 0.0499. The van der Waals surface area contributed by atoms with Crippen molar-refractivity contribution >= 4 is 5.91 Å². The van der Waals surface area contributed by atoms with E-state index in [2.05, 4.69) is 56.0 Å². The number of carbonyl (C=O) groups excluding carboxylic acids is 1. The lowest BCUT2D eigenvalue weighted by Crippen LogP contribution is -2.62. The van der Waals surface area contributed by atoms with E-state index in [1.165, 1.54) is 57.8 Å². The highest BCUT2D eigenvalue weighted by Gasteiger charge is 2.41. The molecule has 0 aromatic rings. The number of hydrogen-bond donors (Lipinski definition) is 2. The first kappa shape index (κ1) is 23.7. The summed E-state index contributed by atoms with van der Waals surface area (Å²) in [5.74, 6) is 0.0499. The molecule has 0 bridgehead atoms. The van der Waals surface area contributed by atoms with Crippen LogP contribution in [0, 0.1) is 0 Å². The molecule has 156 valence electrons. The van der Waals surface area contributed by atoms with Crippen LogP contribution >= 0.6 is 0 Å². The van der Waals surface area contributed by atoms with Crippen molar-refractivity contribution in [2.45, 2.75) is 111 Å². The molecule has 4 nitrogen and oxygen atoms in total. The number of amides is 1. The normalized spacial score (nSPS) is 22.9. The molecule has 3 atom stereocenters. The van der Waals surface area contributed by atoms with E-state index in [1.807, 2.05) is 0 Å². The molecule has 0 aliphatic carbocycles. The minimum Gasteiger partial charge on any atom is -0.338 e. The van der Waals surface area contributed by atoms with Crippen molar-refractivity contribution in [3.8, 4) is 0 Å². The van der Waals surface area contributed by atoms with Crippen molar-refractivity contribution in [1.82, 2.24) is 10.6 Å². The van der Waals surface area contributed by atoms with Gasteiger partial charge in [0.2, 0.25) is 5.91 Å². The second-order valence-electron chi connectivity index (χ2n) is 7.97. The largest absolute Gasteiger partial charge is 0.338 e. The highest BCUT2D eigenvalue weighted by atomic mass is 16.1. The molecule has 0 aromatic heterocycles. The predicted octanol–water partition coefficient (Wildman–Crippen LogP) is 5.57. The van der Waals surface area contributed by atoms with Gasteiger partial charge in [0.25, 0.3) is 0 Å². The van der Waals surface area contributed by atoms with Gasteiger partial charge in [-0.25, -0.2) is 0 Å². The molecule has 0 fully saturated rings. The van der Waals surface area contributed by atoms with Crippen LogP contribution in [0.5, 0.6) is 0 Å². The number of carbonyl (C=O) groups is 1. The van der Waals surface area contributed by atoms with E-state index >= 15 is 0 Å². The average Bonchev–Trinajstić information content (AvgIpc) is 3.06. The maximum Gasteiger partial charge on any atom is 0.221 e. The summed E-state index contributed by atoms with van der Waals surface area (Å²) < 4.78 is 0.812. The Labute approximate surface area is 168 Å². The molecular weight excluding hydrogens is 334 g/mol. The fourth-order valence-electron chi connectivity index (χ4n) is 4.22. The summed E-state index contributed by atoms with van der Waals surface area (Å²) in [6.07, 6.45) is 23.8. The molecule has 0 saturated carbocycles. The number of nitrogens with zero attached hydrogens (tertiary/aromatic N) is 1. The first-order valence-corrected chi connectivity index (χ1v) is 11.3. The van der Waals surface area contributed by atoms with E-state index in [4.69, 9.17) is 0 Å². The number of unbranched alkanes of at least 4 members (excludes halogenated alkanes) is 8. The Kier molecular flexibility index (Phi) is 12.2. The Bertz CT molecular complexity index is 461. The second kappa shape index (κ2) is 13.8. The van der Waals surface area contributed by atoms with Gasteiger partial charge in [-0.15, -0.1) is 0 Å². The van der Waals surface area contributed by atoms with E-state index in [-0.39, 0.29) is 12.1 Å². The average molecular weight is 379 g/mol. The van der Waals surface area contributed by atoms with Crippen LogP contribution in [0.3, 0.4) is 0 Å². The number of allylic oxidation sites excluding steroid dienone is 2. The van der Waals surface area contributed by atoms with Gasteiger partial charge in [-0.3, -0.25) is 9.28 Å². The first-order valence-electron chi connectivity index (χ1n) is 11.3. The maximum absolute atomic E-state index is 11.5. The smallest absolute Gasteiger partial charge is 0.221 e. The third kappa shape index (κ3) is 8.50. The Morgan fingerprint density at radius 1 is 1.07 bits per heavy atom. The van der Waals surface area contributed by atoms with E-state index in [0.717, 1.165) is 23.9 Å². The SMILES string of the molecule is CC/C=C/CCCCCCCCCCC1NC=C[N+]1(CC)C(C)NC(C)=O. The van der Waals surface area contributed by atoms with Crippen LogP contribution in [0.4, 0.5) is 0 Å². The first-order chi connectivity index (χ1) is 13.1. The summed E-state index contributed by atoms with van der Waals surface area (Å²) in [5.41, 5.74) is 0. The minimum atomic E-state index is 0.0499. The third-order valence-electron chi connectivity index (χ3n) is 5.90. The Morgan fingerprint density at radius 2 is 1.70 bits per heavy atom. The van der Waals surface area contributed by atoms with Gasteiger partial charge in [-0.1, -0.05) is 57.6 Å². The summed E-state index contributed by atoms with van der Waals surface area (Å²) in [6, 6.07) is 0. The fraction of sp³-hybridized carbons (Fsp3) is 0.783. The van der Waals surface area contributed by atoms with Gasteiger partial charge < -0.3 is 10.6 Å². The topological polar surface area (TPSA) is 41.1 Å². The van der Waals surface area contributed by atoms with Gasteiger partial charge in [-0.05, 0) is 32.6 Å². The van der Waals surface area contributed by atoms with E-state index in [9.17, 15) is 4.79 Å². The molecule has 1 aliphatic rings. The van der Waals surface area contributed by atoms with Gasteiger partial charge >= 0.3 is 0 Å². The highest BCUT2D eigenvalue weighted by Crippen LogP contribution is 2.26. The lowest BCUT2D eigenvalue weighted by molar-refractivity contribution is -0.923. The Balaban J connectivity index is 2.15. The molecular formula is C23H44N3O+. The van der Waals surface area contributed by atoms with Crippen molar-refractivity contribution in [3.63, 3.8) is 0 Å². The lowest BCUT2D eigenvalue weighted by Gasteiger charge is -2.41. The van der Waals surface area contributed by atoms with Crippen LogP contribution < -0.4 is 10.6 Å². The van der Waals surface area contributed by atoms with Crippen molar-refractivity contribution < 1.29 is 9.28 Å². The van der Waals surface area contributed by atoms with Crippen LogP contribution in [0.1, 0.15) is 98.3 Å². The summed E-state index contributed by atoms with van der Waals surface area (Å²) in [6.45, 7) is 9.12. The summed E-state index contributed by atoms with van der Waals surface area (Å²) >= 11 is 0. The van der Waals surface area contributed by atoms with Crippen LogP contribution in [0.2, 0.25) is 0 Å². The zero-order chi connectivity index (χ0) is 20.0. The molecule has 4 heteroatoms. The second-order valence-corrected chi connectivity index (χ2v) is 7.97. The van der Waals surface area contributed by atoms with Crippen LogP contribution in [0.25, 0.3) is 0 Å². The predicted molar refractivity (Wildman–Crippen MR) is 116 cm³/mol. The van der Waals surface area contributed by atoms with Crippen molar-refractivity contribution in [1.29, 1.82) is 0 Å². The molecule has 1 rings (SSSR count). The highest BCUT2D eigenvalue weighted by molar-refractivity contribution is 5.72.